The number of likely N-dealkylation sites (tertiary alicyclic amines) is 1. The number of aliphatic carboxylic acids is 1. The van der Waals surface area contributed by atoms with Gasteiger partial charge in [-0.2, -0.15) is 0 Å². The van der Waals surface area contributed by atoms with E-state index in [1.165, 1.54) is 17.2 Å². The van der Waals surface area contributed by atoms with Gasteiger partial charge in [0.1, 0.15) is 5.82 Å². The molecule has 0 unspecified atom stereocenters. The van der Waals surface area contributed by atoms with Crippen molar-refractivity contribution in [3.8, 4) is 11.1 Å². The van der Waals surface area contributed by atoms with Crippen LogP contribution < -0.4 is 4.90 Å². The summed E-state index contributed by atoms with van der Waals surface area (Å²) >= 11 is 0. The maximum atomic E-state index is 14.1. The van der Waals surface area contributed by atoms with Gasteiger partial charge in [0.05, 0.1) is 17.8 Å². The number of aryl methyl sites for hydroxylation is 2. The maximum absolute atomic E-state index is 14.1. The number of pyridine rings is 1. The van der Waals surface area contributed by atoms with Gasteiger partial charge >= 0.3 is 5.97 Å². The fraction of sp³-hybridized carbons (Fsp3) is 0.526. The molecule has 3 aliphatic heterocycles. The Bertz CT molecular complexity index is 1640. The predicted molar refractivity (Wildman–Crippen MR) is 179 cm³/mol. The van der Waals surface area contributed by atoms with E-state index in [0.717, 1.165) is 91.2 Å². The second kappa shape index (κ2) is 13.2. The molecule has 2 fully saturated rings. The molecule has 3 aromatic rings. The average molecular weight is 649 g/mol. The number of hydrogen-bond donors (Lipinski definition) is 1. The molecule has 0 atom stereocenters. The van der Waals surface area contributed by atoms with Crippen LogP contribution in [0.3, 0.4) is 0 Å². The first-order chi connectivity index (χ1) is 22.3. The molecule has 0 radical (unpaired) electrons. The van der Waals surface area contributed by atoms with Crippen LogP contribution >= 0.6 is 0 Å². The van der Waals surface area contributed by atoms with Crippen molar-refractivity contribution in [2.24, 2.45) is 5.41 Å². The number of alkyl halides is 2. The van der Waals surface area contributed by atoms with Crippen LogP contribution in [0.2, 0.25) is 0 Å². The van der Waals surface area contributed by atoms with Crippen LogP contribution in [-0.2, 0) is 37.3 Å². The summed E-state index contributed by atoms with van der Waals surface area (Å²) in [5.41, 5.74) is 9.92. The Morgan fingerprint density at radius 2 is 1.62 bits per heavy atom. The highest BCUT2D eigenvalue weighted by atomic mass is 19.3. The lowest BCUT2D eigenvalue weighted by Crippen LogP contribution is -2.40. The van der Waals surface area contributed by atoms with Gasteiger partial charge in [0.2, 0.25) is 0 Å². The molecule has 2 aromatic carbocycles. The van der Waals surface area contributed by atoms with Crippen molar-refractivity contribution in [1.82, 2.24) is 14.8 Å². The monoisotopic (exact) mass is 648 g/mol. The number of hydrogen-bond acceptors (Lipinski definition) is 5. The van der Waals surface area contributed by atoms with Crippen molar-refractivity contribution in [1.29, 1.82) is 0 Å². The third kappa shape index (κ3) is 7.67. The van der Waals surface area contributed by atoms with Gasteiger partial charge < -0.3 is 10.0 Å². The Kier molecular flexibility index (Phi) is 9.42. The minimum atomic E-state index is -2.64. The van der Waals surface area contributed by atoms with Gasteiger partial charge in [0, 0.05) is 82.0 Å². The number of halogens is 3. The number of fused-ring (bicyclic) bond motifs is 1. The third-order valence-corrected chi connectivity index (χ3v) is 10.6. The number of anilines is 1. The number of carbonyl (C=O) groups is 1. The molecule has 4 heterocycles. The standard InChI is InChI=1S/C38H47F3N4O2/c1-25-19-31(39)8-7-29(25)22-44-14-9-27-20-28(5-6-30(27)23-44)35-33(24-43-15-12-38(40,41)13-16-43)42-26(2)32(21-34(46)47)36(35)45-17-10-37(3,4)11-18-45/h5-8,19-20H,9-18,21-24H2,1-4H3,(H,46,47). The van der Waals surface area contributed by atoms with E-state index in [9.17, 15) is 23.1 Å². The van der Waals surface area contributed by atoms with Crippen LogP contribution in [0.15, 0.2) is 36.4 Å². The van der Waals surface area contributed by atoms with E-state index in [1.807, 2.05) is 19.9 Å². The predicted octanol–water partition coefficient (Wildman–Crippen LogP) is 7.55. The molecular formula is C38H47F3N4O2. The number of rotatable bonds is 8. The number of piperidine rings is 2. The van der Waals surface area contributed by atoms with Gasteiger partial charge in [0.15, 0.2) is 0 Å². The van der Waals surface area contributed by atoms with Crippen molar-refractivity contribution in [3.05, 3.63) is 81.4 Å². The summed E-state index contributed by atoms with van der Waals surface area (Å²) in [6.45, 7) is 13.5. The highest BCUT2D eigenvalue weighted by molar-refractivity contribution is 5.87. The van der Waals surface area contributed by atoms with Crippen molar-refractivity contribution in [2.45, 2.75) is 91.8 Å². The van der Waals surface area contributed by atoms with E-state index < -0.39 is 11.9 Å². The van der Waals surface area contributed by atoms with Crippen LogP contribution in [-0.4, -0.2) is 64.5 Å². The zero-order chi connectivity index (χ0) is 33.5. The quantitative estimate of drug-likeness (QED) is 0.272. The van der Waals surface area contributed by atoms with Gasteiger partial charge in [0.25, 0.3) is 5.92 Å². The molecule has 6 rings (SSSR count). The minimum Gasteiger partial charge on any atom is -0.481 e. The van der Waals surface area contributed by atoms with Gasteiger partial charge in [-0.05, 0) is 78.5 Å². The van der Waals surface area contributed by atoms with Gasteiger partial charge in [-0.15, -0.1) is 0 Å². The number of nitrogens with zero attached hydrogens (tertiary/aromatic N) is 4. The van der Waals surface area contributed by atoms with Gasteiger partial charge in [-0.3, -0.25) is 19.6 Å². The molecule has 1 N–H and O–H groups in total. The lowest BCUT2D eigenvalue weighted by Gasteiger charge is -2.41. The van der Waals surface area contributed by atoms with E-state index in [-0.39, 0.29) is 30.5 Å². The minimum absolute atomic E-state index is 0.125. The molecule has 1 aromatic heterocycles. The highest BCUT2D eigenvalue weighted by Crippen LogP contribution is 2.43. The van der Waals surface area contributed by atoms with Crippen LogP contribution in [0.25, 0.3) is 11.1 Å². The Hall–Kier alpha value is -3.43. The Balaban J connectivity index is 1.39. The largest absolute Gasteiger partial charge is 0.481 e. The first-order valence-corrected chi connectivity index (χ1v) is 17.0. The van der Waals surface area contributed by atoms with Crippen LogP contribution in [0.4, 0.5) is 18.9 Å². The zero-order valence-corrected chi connectivity index (χ0v) is 28.1. The normalized spacial score (nSPS) is 19.9. The Labute approximate surface area is 276 Å². The van der Waals surface area contributed by atoms with Crippen LogP contribution in [0.1, 0.15) is 78.7 Å². The Morgan fingerprint density at radius 1 is 0.894 bits per heavy atom. The Morgan fingerprint density at radius 3 is 2.30 bits per heavy atom. The number of carboxylic acid groups (broad SMARTS) is 1. The number of benzene rings is 2. The smallest absolute Gasteiger partial charge is 0.307 e. The molecular weight excluding hydrogens is 601 g/mol. The summed E-state index contributed by atoms with van der Waals surface area (Å²) in [6.07, 6.45) is 2.38. The molecule has 3 aliphatic rings. The molecule has 2 saturated heterocycles. The summed E-state index contributed by atoms with van der Waals surface area (Å²) < 4.78 is 41.9. The summed E-state index contributed by atoms with van der Waals surface area (Å²) in [5, 5.41) is 10.0. The first-order valence-electron chi connectivity index (χ1n) is 17.0. The van der Waals surface area contributed by atoms with Crippen molar-refractivity contribution < 1.29 is 23.1 Å². The molecule has 47 heavy (non-hydrogen) atoms. The van der Waals surface area contributed by atoms with E-state index >= 15 is 0 Å². The molecule has 0 saturated carbocycles. The molecule has 0 aliphatic carbocycles. The molecule has 9 heteroatoms. The third-order valence-electron chi connectivity index (χ3n) is 10.6. The van der Waals surface area contributed by atoms with Crippen molar-refractivity contribution in [2.75, 3.05) is 37.6 Å². The summed E-state index contributed by atoms with van der Waals surface area (Å²) in [5.74, 6) is -3.75. The highest BCUT2D eigenvalue weighted by Gasteiger charge is 2.36. The van der Waals surface area contributed by atoms with Gasteiger partial charge in [-0.1, -0.05) is 38.1 Å². The van der Waals surface area contributed by atoms with E-state index in [0.29, 0.717) is 25.3 Å². The molecule has 0 amide bonds. The molecule has 252 valence electrons. The molecule has 0 spiro atoms. The maximum Gasteiger partial charge on any atom is 0.307 e. The van der Waals surface area contributed by atoms with Gasteiger partial charge in [-0.25, -0.2) is 13.2 Å². The first kappa shape index (κ1) is 33.5. The second-order valence-electron chi connectivity index (χ2n) is 14.7. The molecule has 6 nitrogen and oxygen atoms in total. The fourth-order valence-electron chi connectivity index (χ4n) is 7.48. The van der Waals surface area contributed by atoms with E-state index in [4.69, 9.17) is 4.98 Å². The van der Waals surface area contributed by atoms with Crippen molar-refractivity contribution in [3.63, 3.8) is 0 Å². The van der Waals surface area contributed by atoms with E-state index in [2.05, 4.69) is 46.7 Å². The fourth-order valence-corrected chi connectivity index (χ4v) is 7.48. The summed E-state index contributed by atoms with van der Waals surface area (Å²) in [4.78, 5) is 24.1. The topological polar surface area (TPSA) is 59.9 Å². The lowest BCUT2D eigenvalue weighted by atomic mass is 9.81. The number of carboxylic acids is 1. The molecule has 0 bridgehead atoms. The number of aromatic nitrogens is 1. The van der Waals surface area contributed by atoms with Crippen LogP contribution in [0, 0.1) is 25.1 Å². The average Bonchev–Trinajstić information content (AvgIpc) is 3.00. The zero-order valence-electron chi connectivity index (χ0n) is 28.1. The van der Waals surface area contributed by atoms with E-state index in [1.54, 1.807) is 6.07 Å². The van der Waals surface area contributed by atoms with Crippen molar-refractivity contribution >= 4 is 11.7 Å². The second-order valence-corrected chi connectivity index (χ2v) is 14.7. The summed E-state index contributed by atoms with van der Waals surface area (Å²) in [7, 11) is 0. The summed E-state index contributed by atoms with van der Waals surface area (Å²) in [6, 6.07) is 11.5. The SMILES string of the molecule is Cc1cc(F)ccc1CN1CCc2cc(-c3c(CN4CCC(F)(F)CC4)nc(C)c(CC(=O)O)c3N3CCC(C)(C)CC3)ccc2C1. The lowest BCUT2D eigenvalue weighted by molar-refractivity contribution is -0.136. The van der Waals surface area contributed by atoms with Crippen LogP contribution in [0.5, 0.6) is 0 Å².